The summed E-state index contributed by atoms with van der Waals surface area (Å²) < 4.78 is 52.4. The normalized spacial score (nSPS) is 21.5. The Morgan fingerprint density at radius 2 is 1.78 bits per heavy atom. The lowest BCUT2D eigenvalue weighted by Crippen LogP contribution is -2.38. The van der Waals surface area contributed by atoms with E-state index >= 15 is 0 Å². The minimum Gasteiger partial charge on any atom is -0.315 e. The molecule has 0 bridgehead atoms. The first-order valence-corrected chi connectivity index (χ1v) is 9.31. The van der Waals surface area contributed by atoms with Gasteiger partial charge in [0.25, 0.3) is 0 Å². The summed E-state index contributed by atoms with van der Waals surface area (Å²) >= 11 is 3.08. The average molecular weight is 402 g/mol. The molecule has 0 radical (unpaired) electrons. The smallest absolute Gasteiger partial charge is 0.189 e. The summed E-state index contributed by atoms with van der Waals surface area (Å²) in [6, 6.07) is 9.10. The summed E-state index contributed by atoms with van der Waals surface area (Å²) in [5, 5.41) is 3.05. The molecule has 0 saturated carbocycles. The van der Waals surface area contributed by atoms with E-state index in [0.717, 1.165) is 12.1 Å². The van der Waals surface area contributed by atoms with Crippen LogP contribution in [-0.2, 0) is 14.6 Å². The Morgan fingerprint density at radius 1 is 1.09 bits per heavy atom. The molecule has 1 atom stereocenters. The van der Waals surface area contributed by atoms with Crippen LogP contribution in [0, 0.1) is 11.6 Å². The van der Waals surface area contributed by atoms with Gasteiger partial charge >= 0.3 is 0 Å². The Hall–Kier alpha value is -1.31. The van der Waals surface area contributed by atoms with Gasteiger partial charge in [-0.05, 0) is 70.9 Å². The summed E-state index contributed by atoms with van der Waals surface area (Å²) in [6.45, 7) is 0.700. The predicted octanol–water partition coefficient (Wildman–Crippen LogP) is 3.39. The van der Waals surface area contributed by atoms with Crippen LogP contribution in [-0.4, -0.2) is 21.5 Å². The molecule has 3 nitrogen and oxygen atoms in total. The van der Waals surface area contributed by atoms with Crippen molar-refractivity contribution in [1.82, 2.24) is 5.32 Å². The van der Waals surface area contributed by atoms with Crippen molar-refractivity contribution in [3.05, 3.63) is 64.1 Å². The van der Waals surface area contributed by atoms with Gasteiger partial charge in [0.05, 0.1) is 9.37 Å². The third-order valence-electron chi connectivity index (χ3n) is 4.20. The fourth-order valence-corrected chi connectivity index (χ4v) is 5.21. The van der Waals surface area contributed by atoms with Crippen molar-refractivity contribution in [2.45, 2.75) is 16.1 Å². The zero-order valence-corrected chi connectivity index (χ0v) is 14.4. The molecule has 2 aromatic rings. The van der Waals surface area contributed by atoms with Crippen LogP contribution in [0.1, 0.15) is 12.0 Å². The van der Waals surface area contributed by atoms with Crippen molar-refractivity contribution in [3.63, 3.8) is 0 Å². The van der Waals surface area contributed by atoms with Crippen LogP contribution < -0.4 is 5.32 Å². The van der Waals surface area contributed by atoms with Crippen molar-refractivity contribution < 1.29 is 17.2 Å². The summed E-state index contributed by atoms with van der Waals surface area (Å²) in [5.41, 5.74) is 0.396. The largest absolute Gasteiger partial charge is 0.315 e. The highest BCUT2D eigenvalue weighted by atomic mass is 79.9. The minimum atomic E-state index is -3.81. The van der Waals surface area contributed by atoms with Crippen molar-refractivity contribution >= 4 is 25.8 Å². The SMILES string of the molecule is O=S(=O)(c1ccc(F)cc1)C1(c2ccc(Br)c(F)c2)CCNC1. The monoisotopic (exact) mass is 401 g/mol. The van der Waals surface area contributed by atoms with E-state index < -0.39 is 26.2 Å². The van der Waals surface area contributed by atoms with Gasteiger partial charge in [0.15, 0.2) is 9.84 Å². The zero-order chi connectivity index (χ0) is 16.7. The molecule has 1 N–H and O–H groups in total. The third kappa shape index (κ3) is 2.70. The molecule has 1 aliphatic rings. The van der Waals surface area contributed by atoms with Gasteiger partial charge in [-0.3, -0.25) is 0 Å². The number of rotatable bonds is 3. The van der Waals surface area contributed by atoms with Crippen LogP contribution in [0.3, 0.4) is 0 Å². The first-order valence-electron chi connectivity index (χ1n) is 7.03. The molecule has 122 valence electrons. The van der Waals surface area contributed by atoms with E-state index in [1.807, 2.05) is 0 Å². The van der Waals surface area contributed by atoms with Crippen LogP contribution in [0.2, 0.25) is 0 Å². The first kappa shape index (κ1) is 16.5. The van der Waals surface area contributed by atoms with E-state index in [9.17, 15) is 17.2 Å². The average Bonchev–Trinajstić information content (AvgIpc) is 3.02. The van der Waals surface area contributed by atoms with Gasteiger partial charge in [0, 0.05) is 6.54 Å². The molecule has 7 heteroatoms. The second kappa shape index (κ2) is 5.96. The van der Waals surface area contributed by atoms with Gasteiger partial charge in [-0.1, -0.05) is 6.07 Å². The standard InChI is InChI=1S/C16H14BrF2NO2S/c17-14-6-1-11(9-15(14)19)16(7-8-20-10-16)23(21,22)13-4-2-12(18)3-5-13/h1-6,9,20H,7-8,10H2. The van der Waals surface area contributed by atoms with Gasteiger partial charge in [-0.2, -0.15) is 0 Å². The number of halogens is 3. The second-order valence-electron chi connectivity index (χ2n) is 5.51. The highest BCUT2D eigenvalue weighted by molar-refractivity contribution is 9.10. The van der Waals surface area contributed by atoms with Crippen molar-refractivity contribution in [2.24, 2.45) is 0 Å². The molecule has 0 aliphatic carbocycles. The molecule has 23 heavy (non-hydrogen) atoms. The summed E-state index contributed by atoms with van der Waals surface area (Å²) in [6.07, 6.45) is 0.327. The van der Waals surface area contributed by atoms with Gasteiger partial charge < -0.3 is 5.32 Å². The molecule has 3 rings (SSSR count). The molecule has 1 fully saturated rings. The van der Waals surface area contributed by atoms with Gasteiger partial charge in [0.2, 0.25) is 0 Å². The van der Waals surface area contributed by atoms with E-state index in [2.05, 4.69) is 21.2 Å². The van der Waals surface area contributed by atoms with E-state index in [-0.39, 0.29) is 15.9 Å². The second-order valence-corrected chi connectivity index (χ2v) is 8.62. The fourth-order valence-electron chi connectivity index (χ4n) is 2.92. The Bertz CT molecular complexity index is 832. The molecule has 1 saturated heterocycles. The van der Waals surface area contributed by atoms with E-state index in [1.165, 1.54) is 24.3 Å². The molecule has 1 heterocycles. The highest BCUT2D eigenvalue weighted by Gasteiger charge is 2.48. The Balaban J connectivity index is 2.17. The topological polar surface area (TPSA) is 46.2 Å². The zero-order valence-electron chi connectivity index (χ0n) is 12.0. The van der Waals surface area contributed by atoms with Gasteiger partial charge in [-0.15, -0.1) is 0 Å². The van der Waals surface area contributed by atoms with Crippen LogP contribution in [0.4, 0.5) is 8.78 Å². The Morgan fingerprint density at radius 3 is 2.35 bits per heavy atom. The molecule has 0 amide bonds. The van der Waals surface area contributed by atoms with Crippen LogP contribution in [0.15, 0.2) is 51.8 Å². The maximum absolute atomic E-state index is 13.9. The van der Waals surface area contributed by atoms with Crippen LogP contribution in [0.25, 0.3) is 0 Å². The highest BCUT2D eigenvalue weighted by Crippen LogP contribution is 2.41. The molecule has 2 aromatic carbocycles. The summed E-state index contributed by atoms with van der Waals surface area (Å²) in [7, 11) is -3.81. The van der Waals surface area contributed by atoms with Crippen molar-refractivity contribution in [1.29, 1.82) is 0 Å². The van der Waals surface area contributed by atoms with E-state index in [4.69, 9.17) is 0 Å². The molecular formula is C16H14BrF2NO2S. The molecular weight excluding hydrogens is 388 g/mol. The van der Waals surface area contributed by atoms with Gasteiger partial charge in [-0.25, -0.2) is 17.2 Å². The van der Waals surface area contributed by atoms with E-state index in [0.29, 0.717) is 18.5 Å². The Kier molecular flexibility index (Phi) is 4.29. The molecule has 0 spiro atoms. The maximum Gasteiger partial charge on any atom is 0.189 e. The lowest BCUT2D eigenvalue weighted by atomic mass is 9.97. The lowest BCUT2D eigenvalue weighted by molar-refractivity contribution is 0.533. The third-order valence-corrected chi connectivity index (χ3v) is 7.35. The van der Waals surface area contributed by atoms with Crippen LogP contribution >= 0.6 is 15.9 Å². The number of sulfone groups is 1. The minimum absolute atomic E-state index is 0.0333. The molecule has 1 aliphatic heterocycles. The first-order chi connectivity index (χ1) is 10.9. The van der Waals surface area contributed by atoms with E-state index in [1.54, 1.807) is 6.07 Å². The lowest BCUT2D eigenvalue weighted by Gasteiger charge is -2.29. The van der Waals surface area contributed by atoms with Gasteiger partial charge in [0.1, 0.15) is 16.4 Å². The Labute approximate surface area is 141 Å². The van der Waals surface area contributed by atoms with Crippen molar-refractivity contribution in [2.75, 3.05) is 13.1 Å². The number of hydrogen-bond donors (Lipinski definition) is 1. The number of hydrogen-bond acceptors (Lipinski definition) is 3. The number of benzene rings is 2. The summed E-state index contributed by atoms with van der Waals surface area (Å²) in [5.74, 6) is -1.01. The van der Waals surface area contributed by atoms with Crippen LogP contribution in [0.5, 0.6) is 0 Å². The summed E-state index contributed by atoms with van der Waals surface area (Å²) in [4.78, 5) is 0.0333. The molecule has 0 aromatic heterocycles. The molecule has 1 unspecified atom stereocenters. The maximum atomic E-state index is 13.9. The van der Waals surface area contributed by atoms with Crippen molar-refractivity contribution in [3.8, 4) is 0 Å². The fraction of sp³-hybridized carbons (Fsp3) is 0.250. The quantitative estimate of drug-likeness (QED) is 0.801. The predicted molar refractivity (Wildman–Crippen MR) is 86.9 cm³/mol. The number of nitrogens with one attached hydrogen (secondary N) is 1.